The van der Waals surface area contributed by atoms with Gasteiger partial charge in [0.2, 0.25) is 0 Å². The van der Waals surface area contributed by atoms with Crippen LogP contribution in [-0.4, -0.2) is 60.3 Å². The Balaban J connectivity index is 1.60. The molecule has 5 nitrogen and oxygen atoms in total. The van der Waals surface area contributed by atoms with Crippen molar-refractivity contribution < 1.29 is 13.9 Å². The lowest BCUT2D eigenvalue weighted by Gasteiger charge is -2.38. The minimum Gasteiger partial charge on any atom is -0.373 e. The average Bonchev–Trinajstić information content (AvgIpc) is 2.96. The summed E-state index contributed by atoms with van der Waals surface area (Å²) in [7, 11) is 0. The molecule has 0 spiro atoms. The van der Waals surface area contributed by atoms with Crippen LogP contribution in [0.2, 0.25) is 0 Å². The lowest BCUT2D eigenvalue weighted by molar-refractivity contribution is -0.0712. The molecule has 0 bridgehead atoms. The number of nitrogens with zero attached hydrogens (tertiary/aromatic N) is 2. The number of nitrogens with one attached hydrogen (secondary N) is 1. The van der Waals surface area contributed by atoms with E-state index in [4.69, 9.17) is 4.74 Å². The second-order valence-electron chi connectivity index (χ2n) is 6.88. The van der Waals surface area contributed by atoms with Gasteiger partial charge in [0.1, 0.15) is 5.82 Å². The van der Waals surface area contributed by atoms with E-state index in [1.807, 2.05) is 4.90 Å². The number of carbonyl (C=O) groups excluding carboxylic acids is 1. The van der Waals surface area contributed by atoms with Gasteiger partial charge in [-0.25, -0.2) is 9.18 Å². The van der Waals surface area contributed by atoms with E-state index in [0.29, 0.717) is 0 Å². The summed E-state index contributed by atoms with van der Waals surface area (Å²) in [6, 6.07) is 6.24. The van der Waals surface area contributed by atoms with Crippen LogP contribution in [0.25, 0.3) is 0 Å². The SMILES string of the molecule is C[C@@H]1CN(C[C@H]2CCCN2C(=O)Nc2ccccc2F)C[C@H](C)O1. The van der Waals surface area contributed by atoms with Gasteiger partial charge in [0.15, 0.2) is 0 Å². The van der Waals surface area contributed by atoms with Gasteiger partial charge < -0.3 is 15.0 Å². The molecule has 2 saturated heterocycles. The fraction of sp³-hybridized carbons (Fsp3) is 0.611. The lowest BCUT2D eigenvalue weighted by atomic mass is 10.1. The van der Waals surface area contributed by atoms with E-state index in [1.165, 1.54) is 6.07 Å². The number of likely N-dealkylation sites (tertiary alicyclic amines) is 1. The number of morpholine rings is 1. The summed E-state index contributed by atoms with van der Waals surface area (Å²) in [6.07, 6.45) is 2.42. The number of hydrogen-bond acceptors (Lipinski definition) is 3. The van der Waals surface area contributed by atoms with Crippen LogP contribution in [-0.2, 0) is 4.74 Å². The molecule has 2 aliphatic heterocycles. The number of anilines is 1. The molecule has 0 aromatic heterocycles. The molecule has 0 aliphatic carbocycles. The Labute approximate surface area is 142 Å². The van der Waals surface area contributed by atoms with E-state index >= 15 is 0 Å². The topological polar surface area (TPSA) is 44.8 Å². The fourth-order valence-electron chi connectivity index (χ4n) is 3.77. The number of carbonyl (C=O) groups is 1. The molecule has 0 unspecified atom stereocenters. The Morgan fingerprint density at radius 3 is 2.71 bits per heavy atom. The first-order valence-electron chi connectivity index (χ1n) is 8.73. The second kappa shape index (κ2) is 7.49. The molecule has 3 rings (SSSR count). The summed E-state index contributed by atoms with van der Waals surface area (Å²) >= 11 is 0. The first kappa shape index (κ1) is 17.2. The maximum absolute atomic E-state index is 13.7. The molecule has 0 saturated carbocycles. The number of amides is 2. The van der Waals surface area contributed by atoms with Crippen LogP contribution < -0.4 is 5.32 Å². The highest BCUT2D eigenvalue weighted by molar-refractivity contribution is 5.89. The maximum atomic E-state index is 13.7. The van der Waals surface area contributed by atoms with E-state index in [1.54, 1.807) is 18.2 Å². The van der Waals surface area contributed by atoms with Crippen molar-refractivity contribution in [2.24, 2.45) is 0 Å². The predicted molar refractivity (Wildman–Crippen MR) is 91.6 cm³/mol. The molecular weight excluding hydrogens is 309 g/mol. The van der Waals surface area contributed by atoms with Crippen LogP contribution in [0.4, 0.5) is 14.9 Å². The number of urea groups is 1. The highest BCUT2D eigenvalue weighted by atomic mass is 19.1. The largest absolute Gasteiger partial charge is 0.373 e. The predicted octanol–water partition coefficient (Wildman–Crippen LogP) is 2.93. The average molecular weight is 335 g/mol. The van der Waals surface area contributed by atoms with Crippen molar-refractivity contribution in [3.8, 4) is 0 Å². The van der Waals surface area contributed by atoms with Gasteiger partial charge in [-0.1, -0.05) is 12.1 Å². The summed E-state index contributed by atoms with van der Waals surface area (Å²) in [6.45, 7) is 7.52. The molecule has 2 fully saturated rings. The molecule has 3 atom stereocenters. The molecule has 2 aliphatic rings. The van der Waals surface area contributed by atoms with Crippen molar-refractivity contribution in [3.63, 3.8) is 0 Å². The molecular formula is C18H26FN3O2. The summed E-state index contributed by atoms with van der Waals surface area (Å²) in [5, 5.41) is 2.71. The first-order chi connectivity index (χ1) is 11.5. The van der Waals surface area contributed by atoms with E-state index < -0.39 is 5.82 Å². The normalized spacial score (nSPS) is 28.1. The van der Waals surface area contributed by atoms with Crippen molar-refractivity contribution in [1.82, 2.24) is 9.80 Å². The highest BCUT2D eigenvalue weighted by Crippen LogP contribution is 2.22. The molecule has 1 N–H and O–H groups in total. The molecule has 6 heteroatoms. The highest BCUT2D eigenvalue weighted by Gasteiger charge is 2.32. The number of halogens is 1. The lowest BCUT2D eigenvalue weighted by Crippen LogP contribution is -2.51. The van der Waals surface area contributed by atoms with Crippen molar-refractivity contribution in [2.45, 2.75) is 44.9 Å². The third kappa shape index (κ3) is 4.05. The standard InChI is InChI=1S/C18H26FN3O2/c1-13-10-21(11-14(2)24-13)12-15-6-5-9-22(15)18(23)20-17-8-4-3-7-16(17)19/h3-4,7-8,13-15H,5-6,9-12H2,1-2H3,(H,20,23)/t13-,14+,15-/m1/s1. The minimum atomic E-state index is -0.405. The summed E-state index contributed by atoms with van der Waals surface area (Å²) in [5.41, 5.74) is 0.238. The molecule has 132 valence electrons. The van der Waals surface area contributed by atoms with Gasteiger partial charge >= 0.3 is 6.03 Å². The first-order valence-corrected chi connectivity index (χ1v) is 8.73. The zero-order valence-corrected chi connectivity index (χ0v) is 14.4. The summed E-state index contributed by atoms with van der Waals surface area (Å²) in [5.74, 6) is -0.405. The maximum Gasteiger partial charge on any atom is 0.322 e. The minimum absolute atomic E-state index is 0.175. The molecule has 2 heterocycles. The summed E-state index contributed by atoms with van der Waals surface area (Å²) < 4.78 is 19.5. The van der Waals surface area contributed by atoms with Gasteiger partial charge in [0.25, 0.3) is 0 Å². The third-order valence-electron chi connectivity index (χ3n) is 4.72. The summed E-state index contributed by atoms with van der Waals surface area (Å²) in [4.78, 5) is 16.8. The zero-order valence-electron chi connectivity index (χ0n) is 14.4. The van der Waals surface area contributed by atoms with Gasteiger partial charge in [0.05, 0.1) is 17.9 Å². The van der Waals surface area contributed by atoms with E-state index in [0.717, 1.165) is 39.0 Å². The van der Waals surface area contributed by atoms with E-state index in [-0.39, 0.29) is 30.0 Å². The fourth-order valence-corrected chi connectivity index (χ4v) is 3.77. The number of benzene rings is 1. The van der Waals surface area contributed by atoms with Gasteiger partial charge in [-0.15, -0.1) is 0 Å². The van der Waals surface area contributed by atoms with Gasteiger partial charge in [-0.3, -0.25) is 4.90 Å². The monoisotopic (exact) mass is 335 g/mol. The van der Waals surface area contributed by atoms with Gasteiger partial charge in [-0.05, 0) is 38.8 Å². The van der Waals surface area contributed by atoms with Crippen LogP contribution in [0.1, 0.15) is 26.7 Å². The Morgan fingerprint density at radius 1 is 1.29 bits per heavy atom. The quantitative estimate of drug-likeness (QED) is 0.924. The number of hydrogen-bond donors (Lipinski definition) is 1. The Kier molecular flexibility index (Phi) is 5.36. The van der Waals surface area contributed by atoms with Crippen molar-refractivity contribution in [2.75, 3.05) is 31.5 Å². The van der Waals surface area contributed by atoms with Gasteiger partial charge in [-0.2, -0.15) is 0 Å². The number of para-hydroxylation sites is 1. The van der Waals surface area contributed by atoms with Crippen LogP contribution >= 0.6 is 0 Å². The van der Waals surface area contributed by atoms with E-state index in [9.17, 15) is 9.18 Å². The molecule has 1 aromatic carbocycles. The third-order valence-corrected chi connectivity index (χ3v) is 4.72. The molecule has 1 aromatic rings. The van der Waals surface area contributed by atoms with Crippen molar-refractivity contribution in [3.05, 3.63) is 30.1 Å². The van der Waals surface area contributed by atoms with Crippen LogP contribution in [0.5, 0.6) is 0 Å². The van der Waals surface area contributed by atoms with Gasteiger partial charge in [0, 0.05) is 32.2 Å². The second-order valence-corrected chi connectivity index (χ2v) is 6.88. The zero-order chi connectivity index (χ0) is 17.1. The van der Waals surface area contributed by atoms with Crippen molar-refractivity contribution in [1.29, 1.82) is 0 Å². The molecule has 0 radical (unpaired) electrons. The Morgan fingerprint density at radius 2 is 2.00 bits per heavy atom. The number of ether oxygens (including phenoxy) is 1. The smallest absolute Gasteiger partial charge is 0.322 e. The van der Waals surface area contributed by atoms with Crippen LogP contribution in [0.3, 0.4) is 0 Å². The van der Waals surface area contributed by atoms with Crippen LogP contribution in [0, 0.1) is 5.82 Å². The molecule has 24 heavy (non-hydrogen) atoms. The Bertz CT molecular complexity index is 573. The van der Waals surface area contributed by atoms with E-state index in [2.05, 4.69) is 24.1 Å². The Hall–Kier alpha value is -1.66. The van der Waals surface area contributed by atoms with Crippen molar-refractivity contribution >= 4 is 11.7 Å². The number of rotatable bonds is 3. The molecule has 2 amide bonds. The van der Waals surface area contributed by atoms with Crippen LogP contribution in [0.15, 0.2) is 24.3 Å².